The van der Waals surface area contributed by atoms with Gasteiger partial charge in [-0.05, 0) is 68.0 Å². The van der Waals surface area contributed by atoms with Crippen molar-refractivity contribution in [1.82, 2.24) is 15.1 Å². The molecule has 0 bridgehead atoms. The number of benzene rings is 2. The molecule has 3 N–H and O–H groups in total. The lowest BCUT2D eigenvalue weighted by Crippen LogP contribution is -2.35. The zero-order chi connectivity index (χ0) is 26.0. The highest BCUT2D eigenvalue weighted by Crippen LogP contribution is 2.38. The molecule has 0 aliphatic heterocycles. The second-order valence-electron chi connectivity index (χ2n) is 11.0. The van der Waals surface area contributed by atoms with Gasteiger partial charge in [-0.15, -0.1) is 0 Å². The summed E-state index contributed by atoms with van der Waals surface area (Å²) in [5.41, 5.74) is 4.10. The van der Waals surface area contributed by atoms with E-state index in [4.69, 9.17) is 0 Å². The van der Waals surface area contributed by atoms with Crippen LogP contribution in [0.3, 0.4) is 0 Å². The standard InChI is InChI=1S/C29H36N4O3/c1-18(2)30-28(36)33-25(19-8-6-7-9-19)17-24(32-33)23-15-14-22(16-26(23)34)31-27(35)20-10-12-21(13-11-20)29(3,4)5/h10-19,34H,6-9H2,1-5H3,(H,30,36)(H,31,35). The van der Waals surface area contributed by atoms with Crippen LogP contribution in [-0.2, 0) is 5.41 Å². The van der Waals surface area contributed by atoms with E-state index in [-0.39, 0.29) is 35.1 Å². The first kappa shape index (κ1) is 25.5. The normalized spacial score (nSPS) is 14.3. The monoisotopic (exact) mass is 488 g/mol. The number of anilines is 1. The average Bonchev–Trinajstić information content (AvgIpc) is 3.48. The van der Waals surface area contributed by atoms with Gasteiger partial charge < -0.3 is 15.7 Å². The molecule has 4 rings (SSSR count). The lowest BCUT2D eigenvalue weighted by atomic mass is 9.87. The molecule has 0 radical (unpaired) electrons. The Hall–Kier alpha value is -3.61. The molecular formula is C29H36N4O3. The number of nitrogens with zero attached hydrogens (tertiary/aromatic N) is 2. The van der Waals surface area contributed by atoms with E-state index >= 15 is 0 Å². The smallest absolute Gasteiger partial charge is 0.342 e. The van der Waals surface area contributed by atoms with Crippen molar-refractivity contribution in [2.45, 2.75) is 77.7 Å². The summed E-state index contributed by atoms with van der Waals surface area (Å²) in [7, 11) is 0. The zero-order valence-electron chi connectivity index (χ0n) is 21.8. The van der Waals surface area contributed by atoms with Crippen molar-refractivity contribution in [2.75, 3.05) is 5.32 Å². The molecule has 7 heteroatoms. The van der Waals surface area contributed by atoms with E-state index < -0.39 is 0 Å². The van der Waals surface area contributed by atoms with E-state index in [1.807, 2.05) is 44.2 Å². The minimum absolute atomic E-state index is 0.0106. The summed E-state index contributed by atoms with van der Waals surface area (Å²) in [6, 6.07) is 14.1. The molecule has 1 heterocycles. The maximum atomic E-state index is 12.8. The number of hydrogen-bond acceptors (Lipinski definition) is 4. The third-order valence-corrected chi connectivity index (χ3v) is 6.66. The SMILES string of the molecule is CC(C)NC(=O)n1nc(-c2ccc(NC(=O)c3ccc(C(C)(C)C)cc3)cc2O)cc1C1CCCC1. The van der Waals surface area contributed by atoms with Gasteiger partial charge in [0, 0.05) is 34.8 Å². The fourth-order valence-electron chi connectivity index (χ4n) is 4.66. The van der Waals surface area contributed by atoms with Gasteiger partial charge in [0.1, 0.15) is 5.75 Å². The molecule has 3 aromatic rings. The number of carbonyl (C=O) groups is 2. The maximum Gasteiger partial charge on any atom is 0.342 e. The van der Waals surface area contributed by atoms with Crippen LogP contribution in [-0.4, -0.2) is 32.9 Å². The molecule has 1 saturated carbocycles. The summed E-state index contributed by atoms with van der Waals surface area (Å²) in [6.45, 7) is 10.2. The Morgan fingerprint density at radius 3 is 2.28 bits per heavy atom. The molecule has 0 atom stereocenters. The fourth-order valence-corrected chi connectivity index (χ4v) is 4.66. The summed E-state index contributed by atoms with van der Waals surface area (Å²) in [6.07, 6.45) is 4.31. The molecular weight excluding hydrogens is 452 g/mol. The largest absolute Gasteiger partial charge is 0.507 e. The first-order valence-electron chi connectivity index (χ1n) is 12.7. The molecule has 2 amide bonds. The van der Waals surface area contributed by atoms with E-state index in [1.54, 1.807) is 12.1 Å². The summed E-state index contributed by atoms with van der Waals surface area (Å²) in [4.78, 5) is 25.6. The molecule has 0 unspecified atom stereocenters. The molecule has 1 fully saturated rings. The van der Waals surface area contributed by atoms with Crippen LogP contribution in [0.4, 0.5) is 10.5 Å². The van der Waals surface area contributed by atoms with E-state index in [0.717, 1.165) is 36.9 Å². The Bertz CT molecular complexity index is 1250. The van der Waals surface area contributed by atoms with Gasteiger partial charge in [0.2, 0.25) is 0 Å². The predicted octanol–water partition coefficient (Wildman–Crippen LogP) is 6.43. The minimum Gasteiger partial charge on any atom is -0.507 e. The number of carbonyl (C=O) groups excluding carboxylic acids is 2. The van der Waals surface area contributed by atoms with Crippen molar-refractivity contribution in [3.63, 3.8) is 0 Å². The van der Waals surface area contributed by atoms with Crippen LogP contribution in [0, 0.1) is 0 Å². The first-order valence-corrected chi connectivity index (χ1v) is 12.7. The van der Waals surface area contributed by atoms with Crippen molar-refractivity contribution in [3.8, 4) is 17.0 Å². The highest BCUT2D eigenvalue weighted by Gasteiger charge is 2.26. The minimum atomic E-state index is -0.265. The summed E-state index contributed by atoms with van der Waals surface area (Å²) < 4.78 is 1.45. The van der Waals surface area contributed by atoms with E-state index in [9.17, 15) is 14.7 Å². The predicted molar refractivity (Wildman–Crippen MR) is 143 cm³/mol. The van der Waals surface area contributed by atoms with Gasteiger partial charge in [0.15, 0.2) is 0 Å². The number of phenolic OH excluding ortho intramolecular Hbond substituents is 1. The van der Waals surface area contributed by atoms with Gasteiger partial charge in [-0.3, -0.25) is 4.79 Å². The van der Waals surface area contributed by atoms with Crippen LogP contribution < -0.4 is 10.6 Å². The number of phenols is 1. The molecule has 2 aromatic carbocycles. The van der Waals surface area contributed by atoms with E-state index in [0.29, 0.717) is 22.5 Å². The molecule has 0 saturated heterocycles. The topological polar surface area (TPSA) is 96.3 Å². The van der Waals surface area contributed by atoms with Gasteiger partial charge >= 0.3 is 6.03 Å². The third-order valence-electron chi connectivity index (χ3n) is 6.66. The third kappa shape index (κ3) is 5.61. The van der Waals surface area contributed by atoms with Crippen LogP contribution in [0.5, 0.6) is 5.75 Å². The number of amides is 2. The van der Waals surface area contributed by atoms with Crippen LogP contribution in [0.15, 0.2) is 48.5 Å². The van der Waals surface area contributed by atoms with Crippen LogP contribution >= 0.6 is 0 Å². The molecule has 1 aliphatic carbocycles. The van der Waals surface area contributed by atoms with Crippen molar-refractivity contribution >= 4 is 17.6 Å². The molecule has 36 heavy (non-hydrogen) atoms. The lowest BCUT2D eigenvalue weighted by molar-refractivity contribution is 0.102. The second-order valence-corrected chi connectivity index (χ2v) is 11.0. The van der Waals surface area contributed by atoms with Crippen molar-refractivity contribution < 1.29 is 14.7 Å². The Morgan fingerprint density at radius 1 is 1.03 bits per heavy atom. The van der Waals surface area contributed by atoms with Crippen molar-refractivity contribution in [2.24, 2.45) is 0 Å². The number of nitrogens with one attached hydrogen (secondary N) is 2. The van der Waals surface area contributed by atoms with Gasteiger partial charge in [-0.1, -0.05) is 45.7 Å². The Morgan fingerprint density at radius 2 is 1.69 bits per heavy atom. The summed E-state index contributed by atoms with van der Waals surface area (Å²) in [5.74, 6) is 0.0121. The molecule has 7 nitrogen and oxygen atoms in total. The Kier molecular flexibility index (Phi) is 7.20. The quantitative estimate of drug-likeness (QED) is 0.386. The maximum absolute atomic E-state index is 12.8. The average molecular weight is 489 g/mol. The first-order chi connectivity index (χ1) is 17.0. The number of aromatic hydroxyl groups is 1. The van der Waals surface area contributed by atoms with Crippen LogP contribution in [0.25, 0.3) is 11.3 Å². The molecule has 1 aromatic heterocycles. The number of hydrogen-bond donors (Lipinski definition) is 3. The van der Waals surface area contributed by atoms with Crippen LogP contribution in [0.2, 0.25) is 0 Å². The van der Waals surface area contributed by atoms with E-state index in [2.05, 4.69) is 36.5 Å². The molecule has 0 spiro atoms. The van der Waals surface area contributed by atoms with Gasteiger partial charge in [0.25, 0.3) is 5.91 Å². The van der Waals surface area contributed by atoms with Crippen molar-refractivity contribution in [3.05, 3.63) is 65.4 Å². The Balaban J connectivity index is 1.56. The zero-order valence-corrected chi connectivity index (χ0v) is 21.8. The number of aromatic nitrogens is 2. The van der Waals surface area contributed by atoms with Gasteiger partial charge in [-0.25, -0.2) is 4.79 Å². The van der Waals surface area contributed by atoms with Crippen LogP contribution in [0.1, 0.15) is 87.8 Å². The lowest BCUT2D eigenvalue weighted by Gasteiger charge is -2.19. The number of rotatable bonds is 5. The summed E-state index contributed by atoms with van der Waals surface area (Å²) >= 11 is 0. The van der Waals surface area contributed by atoms with E-state index in [1.165, 1.54) is 10.7 Å². The highest BCUT2D eigenvalue weighted by atomic mass is 16.3. The Labute approximate surface area is 212 Å². The van der Waals surface area contributed by atoms with Gasteiger partial charge in [0.05, 0.1) is 11.4 Å². The summed E-state index contributed by atoms with van der Waals surface area (Å²) in [5, 5.41) is 21.1. The fraction of sp³-hybridized carbons (Fsp3) is 0.414. The van der Waals surface area contributed by atoms with Gasteiger partial charge in [-0.2, -0.15) is 9.78 Å². The molecule has 1 aliphatic rings. The second kappa shape index (κ2) is 10.2. The van der Waals surface area contributed by atoms with Crippen molar-refractivity contribution in [1.29, 1.82) is 0 Å². The highest BCUT2D eigenvalue weighted by molar-refractivity contribution is 6.04. The molecule has 190 valence electrons.